The number of imidazole rings is 1. The zero-order valence-electron chi connectivity index (χ0n) is 8.77. The van der Waals surface area contributed by atoms with Crippen molar-refractivity contribution in [1.82, 2.24) is 9.38 Å². The number of halogens is 4. The van der Waals surface area contributed by atoms with E-state index in [1.807, 2.05) is 0 Å². The lowest BCUT2D eigenvalue weighted by atomic mass is 10.3. The van der Waals surface area contributed by atoms with Crippen LogP contribution in [0.1, 0.15) is 16.1 Å². The molecular weight excluding hydrogens is 291 g/mol. The highest BCUT2D eigenvalue weighted by Crippen LogP contribution is 2.34. The summed E-state index contributed by atoms with van der Waals surface area (Å²) in [6.45, 7) is 0. The third-order valence-corrected chi connectivity index (χ3v) is 2.54. The fraction of sp³-hybridized carbons (Fsp3) is 0.111. The molecule has 19 heavy (non-hydrogen) atoms. The van der Waals surface area contributed by atoms with Gasteiger partial charge in [-0.25, -0.2) is 9.78 Å². The number of aromatic nitrogens is 2. The van der Waals surface area contributed by atoms with Gasteiger partial charge < -0.3 is 5.11 Å². The molecule has 0 fully saturated rings. The van der Waals surface area contributed by atoms with Gasteiger partial charge in [0.05, 0.1) is 10.6 Å². The molecular formula is C9H3ClF3N3O3. The van der Waals surface area contributed by atoms with Crippen molar-refractivity contribution in [1.29, 1.82) is 0 Å². The Kier molecular flexibility index (Phi) is 2.93. The smallest absolute Gasteiger partial charge is 0.417 e. The molecule has 0 aliphatic carbocycles. The van der Waals surface area contributed by atoms with E-state index in [0.717, 1.165) is 0 Å². The highest BCUT2D eigenvalue weighted by Gasteiger charge is 2.33. The standard InChI is InChI=1S/C9H3ClF3N3O3/c10-4-1-3(9(11,12)13)2-16-6(4)14-5(8(17)18)7(16)15-19/h1-2H,(H,17,18). The molecule has 0 spiro atoms. The zero-order chi connectivity index (χ0) is 14.4. The van der Waals surface area contributed by atoms with Gasteiger partial charge in [-0.05, 0) is 11.2 Å². The van der Waals surface area contributed by atoms with E-state index < -0.39 is 34.2 Å². The van der Waals surface area contributed by atoms with Gasteiger partial charge in [0.1, 0.15) is 0 Å². The average molecular weight is 294 g/mol. The van der Waals surface area contributed by atoms with E-state index in [4.69, 9.17) is 16.7 Å². The molecule has 0 saturated carbocycles. The zero-order valence-corrected chi connectivity index (χ0v) is 9.53. The summed E-state index contributed by atoms with van der Waals surface area (Å²) in [6.07, 6.45) is -4.19. The summed E-state index contributed by atoms with van der Waals surface area (Å²) in [5.74, 6) is -2.35. The predicted octanol–water partition coefficient (Wildman–Crippen LogP) is 3.10. The van der Waals surface area contributed by atoms with Crippen molar-refractivity contribution in [2.75, 3.05) is 0 Å². The van der Waals surface area contributed by atoms with Gasteiger partial charge in [0.15, 0.2) is 11.3 Å². The maximum Gasteiger partial charge on any atom is 0.417 e. The second-order valence-corrected chi connectivity index (χ2v) is 3.86. The number of carbonyl (C=O) groups is 1. The Morgan fingerprint density at radius 2 is 2.11 bits per heavy atom. The quantitative estimate of drug-likeness (QED) is 0.862. The Morgan fingerprint density at radius 3 is 2.58 bits per heavy atom. The van der Waals surface area contributed by atoms with Gasteiger partial charge >= 0.3 is 12.1 Å². The second-order valence-electron chi connectivity index (χ2n) is 3.45. The molecule has 2 rings (SSSR count). The summed E-state index contributed by atoms with van der Waals surface area (Å²) < 4.78 is 38.3. The largest absolute Gasteiger partial charge is 0.476 e. The molecule has 1 N–H and O–H groups in total. The first-order valence-electron chi connectivity index (χ1n) is 4.61. The number of nitrogens with zero attached hydrogens (tertiary/aromatic N) is 3. The van der Waals surface area contributed by atoms with Crippen LogP contribution in [0.5, 0.6) is 0 Å². The maximum atomic E-state index is 12.6. The van der Waals surface area contributed by atoms with Crippen molar-refractivity contribution in [3.05, 3.63) is 33.5 Å². The van der Waals surface area contributed by atoms with Gasteiger partial charge in [-0.2, -0.15) is 13.2 Å². The second kappa shape index (κ2) is 4.19. The number of carboxylic acid groups (broad SMARTS) is 1. The van der Waals surface area contributed by atoms with Crippen molar-refractivity contribution in [3.63, 3.8) is 0 Å². The molecule has 0 aliphatic rings. The van der Waals surface area contributed by atoms with Gasteiger partial charge in [0, 0.05) is 6.20 Å². The molecule has 0 aliphatic heterocycles. The molecule has 0 unspecified atom stereocenters. The number of fused-ring (bicyclic) bond motifs is 1. The van der Waals surface area contributed by atoms with Gasteiger partial charge in [-0.15, -0.1) is 4.91 Å². The van der Waals surface area contributed by atoms with E-state index in [0.29, 0.717) is 16.7 Å². The molecule has 2 heterocycles. The number of aromatic carboxylic acids is 1. The van der Waals surface area contributed by atoms with Crippen LogP contribution in [-0.2, 0) is 6.18 Å². The first-order valence-corrected chi connectivity index (χ1v) is 4.99. The van der Waals surface area contributed by atoms with E-state index in [9.17, 15) is 22.9 Å². The third kappa shape index (κ3) is 2.12. The lowest BCUT2D eigenvalue weighted by molar-refractivity contribution is -0.137. The van der Waals surface area contributed by atoms with Crippen LogP contribution in [0.2, 0.25) is 5.02 Å². The molecule has 10 heteroatoms. The summed E-state index contributed by atoms with van der Waals surface area (Å²) in [6, 6.07) is 0.587. The summed E-state index contributed by atoms with van der Waals surface area (Å²) in [4.78, 5) is 24.9. The Hall–Kier alpha value is -2.16. The number of carboxylic acids is 1. The third-order valence-electron chi connectivity index (χ3n) is 2.27. The summed E-state index contributed by atoms with van der Waals surface area (Å²) in [7, 11) is 0. The minimum atomic E-state index is -4.70. The SMILES string of the molecule is O=Nc1c(C(=O)O)nc2c(Cl)cc(C(F)(F)F)cn12. The minimum absolute atomic E-state index is 0.290. The first kappa shape index (κ1) is 13.3. The molecule has 0 aromatic carbocycles. The van der Waals surface area contributed by atoms with Crippen LogP contribution in [0.25, 0.3) is 5.65 Å². The Labute approximate surface area is 107 Å². The minimum Gasteiger partial charge on any atom is -0.476 e. The lowest BCUT2D eigenvalue weighted by Gasteiger charge is -2.07. The van der Waals surface area contributed by atoms with Crippen molar-refractivity contribution in [3.8, 4) is 0 Å². The monoisotopic (exact) mass is 293 g/mol. The molecule has 0 bridgehead atoms. The Bertz CT molecular complexity index is 695. The van der Waals surface area contributed by atoms with Gasteiger partial charge in [-0.3, -0.25) is 4.40 Å². The summed E-state index contributed by atoms with van der Waals surface area (Å²) >= 11 is 5.60. The Balaban J connectivity index is 2.87. The van der Waals surface area contributed by atoms with Crippen LogP contribution in [0.4, 0.5) is 19.0 Å². The van der Waals surface area contributed by atoms with Crippen molar-refractivity contribution in [2.45, 2.75) is 6.18 Å². The fourth-order valence-corrected chi connectivity index (χ4v) is 1.73. The van der Waals surface area contributed by atoms with Crippen molar-refractivity contribution < 1.29 is 23.1 Å². The highest BCUT2D eigenvalue weighted by molar-refractivity contribution is 6.33. The van der Waals surface area contributed by atoms with Gasteiger partial charge in [-0.1, -0.05) is 11.6 Å². The van der Waals surface area contributed by atoms with Gasteiger partial charge in [0.2, 0.25) is 5.82 Å². The maximum absolute atomic E-state index is 12.6. The topological polar surface area (TPSA) is 84.0 Å². The van der Waals surface area contributed by atoms with Crippen molar-refractivity contribution >= 4 is 29.0 Å². The molecule has 0 amide bonds. The number of hydrogen-bond donors (Lipinski definition) is 1. The predicted molar refractivity (Wildman–Crippen MR) is 57.6 cm³/mol. The van der Waals surface area contributed by atoms with E-state index in [-0.39, 0.29) is 5.65 Å². The van der Waals surface area contributed by atoms with Gasteiger partial charge in [0.25, 0.3) is 0 Å². The molecule has 2 aromatic rings. The molecule has 0 saturated heterocycles. The number of rotatable bonds is 2. The fourth-order valence-electron chi connectivity index (χ4n) is 1.48. The van der Waals surface area contributed by atoms with E-state index in [2.05, 4.69) is 10.2 Å². The van der Waals surface area contributed by atoms with Crippen LogP contribution in [0.3, 0.4) is 0 Å². The van der Waals surface area contributed by atoms with E-state index in [1.54, 1.807) is 0 Å². The highest BCUT2D eigenvalue weighted by atomic mass is 35.5. The molecule has 100 valence electrons. The molecule has 2 aromatic heterocycles. The van der Waals surface area contributed by atoms with Crippen molar-refractivity contribution in [2.24, 2.45) is 5.18 Å². The normalized spacial score (nSPS) is 11.8. The van der Waals surface area contributed by atoms with Crippen LogP contribution in [-0.4, -0.2) is 20.5 Å². The Morgan fingerprint density at radius 1 is 1.47 bits per heavy atom. The number of nitroso groups, excluding NO2 is 1. The molecule has 0 atom stereocenters. The average Bonchev–Trinajstić information content (AvgIpc) is 2.66. The van der Waals surface area contributed by atoms with Crippen LogP contribution >= 0.6 is 11.6 Å². The van der Waals surface area contributed by atoms with Crippen LogP contribution in [0.15, 0.2) is 17.4 Å². The number of alkyl halides is 3. The van der Waals surface area contributed by atoms with Crippen LogP contribution in [0, 0.1) is 4.91 Å². The number of pyridine rings is 1. The van der Waals surface area contributed by atoms with E-state index in [1.165, 1.54) is 0 Å². The first-order chi connectivity index (χ1) is 8.75. The summed E-state index contributed by atoms with van der Waals surface area (Å²) in [5, 5.41) is 10.7. The molecule has 0 radical (unpaired) electrons. The number of hydrogen-bond acceptors (Lipinski definition) is 4. The summed E-state index contributed by atoms with van der Waals surface area (Å²) in [5.41, 5.74) is -2.21. The van der Waals surface area contributed by atoms with E-state index >= 15 is 0 Å². The van der Waals surface area contributed by atoms with Crippen LogP contribution < -0.4 is 0 Å². The lowest BCUT2D eigenvalue weighted by Crippen LogP contribution is -2.06. The molecule has 6 nitrogen and oxygen atoms in total.